The molecule has 5 heteroatoms. The van der Waals surface area contributed by atoms with Gasteiger partial charge in [0.15, 0.2) is 0 Å². The SMILES string of the molecule is O=S(=O)(NC1CC1)c1cccc(CCl)c1. The van der Waals surface area contributed by atoms with Gasteiger partial charge in [0.05, 0.1) is 4.90 Å². The predicted molar refractivity (Wildman–Crippen MR) is 59.3 cm³/mol. The van der Waals surface area contributed by atoms with E-state index in [2.05, 4.69) is 4.72 Å². The van der Waals surface area contributed by atoms with Gasteiger partial charge in [0.25, 0.3) is 0 Å². The highest BCUT2D eigenvalue weighted by atomic mass is 35.5. The van der Waals surface area contributed by atoms with Crippen molar-refractivity contribution in [2.45, 2.75) is 29.7 Å². The number of hydrogen-bond acceptors (Lipinski definition) is 2. The van der Waals surface area contributed by atoms with E-state index >= 15 is 0 Å². The Morgan fingerprint density at radius 3 is 2.73 bits per heavy atom. The maximum atomic E-state index is 11.8. The normalized spacial score (nSPS) is 16.6. The molecule has 0 saturated heterocycles. The second kappa shape index (κ2) is 4.12. The van der Waals surface area contributed by atoms with Crippen LogP contribution in [0.5, 0.6) is 0 Å². The number of alkyl halides is 1. The number of hydrogen-bond donors (Lipinski definition) is 1. The second-order valence-electron chi connectivity index (χ2n) is 3.68. The summed E-state index contributed by atoms with van der Waals surface area (Å²) < 4.78 is 26.2. The Morgan fingerprint density at radius 2 is 2.13 bits per heavy atom. The molecule has 3 nitrogen and oxygen atoms in total. The van der Waals surface area contributed by atoms with Crippen LogP contribution in [0, 0.1) is 0 Å². The van der Waals surface area contributed by atoms with Crippen molar-refractivity contribution in [1.82, 2.24) is 4.72 Å². The lowest BCUT2D eigenvalue weighted by Crippen LogP contribution is -2.25. The molecule has 0 aromatic heterocycles. The molecular formula is C10H12ClNO2S. The molecule has 1 fully saturated rings. The van der Waals surface area contributed by atoms with E-state index in [4.69, 9.17) is 11.6 Å². The van der Waals surface area contributed by atoms with E-state index in [0.29, 0.717) is 10.8 Å². The molecule has 0 heterocycles. The summed E-state index contributed by atoms with van der Waals surface area (Å²) in [6, 6.07) is 6.84. The molecule has 1 aliphatic carbocycles. The molecule has 1 saturated carbocycles. The second-order valence-corrected chi connectivity index (χ2v) is 5.66. The first kappa shape index (κ1) is 10.9. The highest BCUT2D eigenvalue weighted by molar-refractivity contribution is 7.89. The van der Waals surface area contributed by atoms with Gasteiger partial charge in [-0.3, -0.25) is 0 Å². The molecule has 0 atom stereocenters. The summed E-state index contributed by atoms with van der Waals surface area (Å²) in [5, 5.41) is 0. The van der Waals surface area contributed by atoms with E-state index in [1.807, 2.05) is 6.07 Å². The van der Waals surface area contributed by atoms with Gasteiger partial charge >= 0.3 is 0 Å². The van der Waals surface area contributed by atoms with E-state index in [0.717, 1.165) is 18.4 Å². The molecule has 0 bridgehead atoms. The molecule has 0 amide bonds. The van der Waals surface area contributed by atoms with Crippen LogP contribution in [0.25, 0.3) is 0 Å². The first-order valence-corrected chi connectivity index (χ1v) is 6.81. The summed E-state index contributed by atoms with van der Waals surface area (Å²) in [4.78, 5) is 0.299. The van der Waals surface area contributed by atoms with Gasteiger partial charge < -0.3 is 0 Å². The van der Waals surface area contributed by atoms with Gasteiger partial charge in [0, 0.05) is 11.9 Å². The number of halogens is 1. The van der Waals surface area contributed by atoms with Crippen molar-refractivity contribution in [3.63, 3.8) is 0 Å². The fourth-order valence-corrected chi connectivity index (χ4v) is 2.83. The Bertz CT molecular complexity index is 454. The van der Waals surface area contributed by atoms with Crippen LogP contribution < -0.4 is 4.72 Å². The zero-order chi connectivity index (χ0) is 10.9. The van der Waals surface area contributed by atoms with Crippen molar-refractivity contribution < 1.29 is 8.42 Å². The number of sulfonamides is 1. The summed E-state index contributed by atoms with van der Waals surface area (Å²) in [6.07, 6.45) is 1.88. The fourth-order valence-electron chi connectivity index (χ4n) is 1.28. The minimum atomic E-state index is -3.34. The monoisotopic (exact) mass is 245 g/mol. The quantitative estimate of drug-likeness (QED) is 0.824. The largest absolute Gasteiger partial charge is 0.240 e. The molecule has 1 aromatic carbocycles. The van der Waals surface area contributed by atoms with E-state index in [1.165, 1.54) is 0 Å². The molecule has 1 aromatic rings. The van der Waals surface area contributed by atoms with Crippen molar-refractivity contribution in [2.75, 3.05) is 0 Å². The van der Waals surface area contributed by atoms with Gasteiger partial charge in [-0.05, 0) is 30.5 Å². The Kier molecular flexibility index (Phi) is 3.00. The van der Waals surface area contributed by atoms with Crippen LogP contribution in [0.4, 0.5) is 0 Å². The van der Waals surface area contributed by atoms with Gasteiger partial charge in [0.2, 0.25) is 10.0 Å². The molecule has 0 unspecified atom stereocenters. The van der Waals surface area contributed by atoms with Crippen molar-refractivity contribution in [2.24, 2.45) is 0 Å². The number of nitrogens with one attached hydrogen (secondary N) is 1. The molecule has 2 rings (SSSR count). The molecule has 0 aliphatic heterocycles. The van der Waals surface area contributed by atoms with Gasteiger partial charge in [-0.15, -0.1) is 11.6 Å². The van der Waals surface area contributed by atoms with E-state index in [1.54, 1.807) is 18.2 Å². The lowest BCUT2D eigenvalue weighted by Gasteiger charge is -2.06. The van der Waals surface area contributed by atoms with E-state index in [-0.39, 0.29) is 6.04 Å². The van der Waals surface area contributed by atoms with Crippen molar-refractivity contribution in [3.05, 3.63) is 29.8 Å². The highest BCUT2D eigenvalue weighted by Gasteiger charge is 2.27. The minimum Gasteiger partial charge on any atom is -0.208 e. The molecule has 82 valence electrons. The first-order chi connectivity index (χ1) is 7.12. The maximum absolute atomic E-state index is 11.8. The Labute approximate surface area is 94.5 Å². The predicted octanol–water partition coefficient (Wildman–Crippen LogP) is 1.87. The van der Waals surface area contributed by atoms with E-state index < -0.39 is 10.0 Å². The third-order valence-electron chi connectivity index (χ3n) is 2.26. The summed E-state index contributed by atoms with van der Waals surface area (Å²) in [5.74, 6) is 0.326. The lowest BCUT2D eigenvalue weighted by atomic mass is 10.2. The summed E-state index contributed by atoms with van der Waals surface area (Å²) in [5.41, 5.74) is 0.815. The fraction of sp³-hybridized carbons (Fsp3) is 0.400. The van der Waals surface area contributed by atoms with Crippen molar-refractivity contribution in [1.29, 1.82) is 0 Å². The minimum absolute atomic E-state index is 0.134. The van der Waals surface area contributed by atoms with Crippen LogP contribution in [0.2, 0.25) is 0 Å². The Morgan fingerprint density at radius 1 is 1.40 bits per heavy atom. The number of benzene rings is 1. The smallest absolute Gasteiger partial charge is 0.208 e. The molecule has 0 radical (unpaired) electrons. The van der Waals surface area contributed by atoms with Gasteiger partial charge in [-0.2, -0.15) is 0 Å². The lowest BCUT2D eigenvalue weighted by molar-refractivity contribution is 0.581. The van der Waals surface area contributed by atoms with Crippen LogP contribution in [0.3, 0.4) is 0 Å². The molecular weight excluding hydrogens is 234 g/mol. The van der Waals surface area contributed by atoms with Gasteiger partial charge in [-0.1, -0.05) is 12.1 Å². The average molecular weight is 246 g/mol. The highest BCUT2D eigenvalue weighted by Crippen LogP contribution is 2.22. The zero-order valence-electron chi connectivity index (χ0n) is 8.11. The van der Waals surface area contributed by atoms with Crippen LogP contribution in [0.1, 0.15) is 18.4 Å². The summed E-state index contributed by atoms with van der Waals surface area (Å²) in [6.45, 7) is 0. The van der Waals surface area contributed by atoms with Crippen molar-refractivity contribution >= 4 is 21.6 Å². The zero-order valence-corrected chi connectivity index (χ0v) is 9.68. The molecule has 1 aliphatic rings. The summed E-state index contributed by atoms with van der Waals surface area (Å²) in [7, 11) is -3.34. The average Bonchev–Trinajstić information content (AvgIpc) is 3.01. The summed E-state index contributed by atoms with van der Waals surface area (Å²) >= 11 is 5.65. The maximum Gasteiger partial charge on any atom is 0.240 e. The molecule has 1 N–H and O–H groups in total. The topological polar surface area (TPSA) is 46.2 Å². The molecule has 15 heavy (non-hydrogen) atoms. The van der Waals surface area contributed by atoms with Gasteiger partial charge in [0.1, 0.15) is 0 Å². The third kappa shape index (κ3) is 2.71. The standard InChI is InChI=1S/C10H12ClNO2S/c11-7-8-2-1-3-10(6-8)15(13,14)12-9-4-5-9/h1-3,6,9,12H,4-5,7H2. The van der Waals surface area contributed by atoms with Gasteiger partial charge in [-0.25, -0.2) is 13.1 Å². The first-order valence-electron chi connectivity index (χ1n) is 4.79. The van der Waals surface area contributed by atoms with Crippen LogP contribution in [-0.4, -0.2) is 14.5 Å². The van der Waals surface area contributed by atoms with Crippen LogP contribution in [-0.2, 0) is 15.9 Å². The molecule has 0 spiro atoms. The third-order valence-corrected chi connectivity index (χ3v) is 4.09. The Hall–Kier alpha value is -0.580. The van der Waals surface area contributed by atoms with Crippen molar-refractivity contribution in [3.8, 4) is 0 Å². The van der Waals surface area contributed by atoms with Crippen LogP contribution >= 0.6 is 11.6 Å². The Balaban J connectivity index is 2.26. The van der Waals surface area contributed by atoms with E-state index in [9.17, 15) is 8.42 Å². The van der Waals surface area contributed by atoms with Crippen LogP contribution in [0.15, 0.2) is 29.2 Å². The number of rotatable bonds is 4.